The highest BCUT2D eigenvalue weighted by molar-refractivity contribution is 6.00. The zero-order valence-corrected chi connectivity index (χ0v) is 12.9. The average molecular weight is 304 g/mol. The Balaban J connectivity index is 2.31. The fourth-order valence-electron chi connectivity index (χ4n) is 2.45. The van der Waals surface area contributed by atoms with Gasteiger partial charge in [0.25, 0.3) is 5.91 Å². The third kappa shape index (κ3) is 3.05. The summed E-state index contributed by atoms with van der Waals surface area (Å²) in [4.78, 5) is 23.5. The Morgan fingerprint density at radius 2 is 2.09 bits per heavy atom. The number of hydrogen-bond donors (Lipinski definition) is 2. The molecule has 1 amide bonds. The van der Waals surface area contributed by atoms with Crippen LogP contribution in [0.15, 0.2) is 24.3 Å². The number of hydrogen-bond acceptors (Lipinski definition) is 3. The van der Waals surface area contributed by atoms with Crippen LogP contribution >= 0.6 is 0 Å². The molecular formula is C16H20N2O4. The van der Waals surface area contributed by atoms with E-state index in [1.54, 1.807) is 24.8 Å². The summed E-state index contributed by atoms with van der Waals surface area (Å²) in [6, 6.07) is 6.39. The second-order valence-electron chi connectivity index (χ2n) is 5.17. The Bertz CT molecular complexity index is 705. The number of amides is 1. The summed E-state index contributed by atoms with van der Waals surface area (Å²) in [7, 11) is 3.36. The summed E-state index contributed by atoms with van der Waals surface area (Å²) >= 11 is 0. The van der Waals surface area contributed by atoms with Gasteiger partial charge in [0.1, 0.15) is 17.5 Å². The molecule has 1 aromatic heterocycles. The molecule has 6 heteroatoms. The molecule has 0 aliphatic carbocycles. The molecule has 1 heterocycles. The molecule has 0 spiro atoms. The van der Waals surface area contributed by atoms with Crippen LogP contribution in [0.25, 0.3) is 10.9 Å². The first-order chi connectivity index (χ1) is 10.5. The number of carbonyl (C=O) groups is 2. The van der Waals surface area contributed by atoms with E-state index in [9.17, 15) is 9.59 Å². The van der Waals surface area contributed by atoms with Gasteiger partial charge >= 0.3 is 5.97 Å². The number of methoxy groups -OCH3 is 1. The number of nitrogens with one attached hydrogen (secondary N) is 1. The number of nitrogens with zero attached hydrogens (tertiary/aromatic N) is 1. The summed E-state index contributed by atoms with van der Waals surface area (Å²) in [6.45, 7) is 1.88. The number of ether oxygens (including phenoxy) is 1. The Labute approximate surface area is 128 Å². The molecule has 0 bridgehead atoms. The SMILES string of the molecule is CCCC(NC(=O)c1cc2cc(OC)ccc2n1C)C(=O)O. The van der Waals surface area contributed by atoms with E-state index in [-0.39, 0.29) is 0 Å². The van der Waals surface area contributed by atoms with Crippen molar-refractivity contribution in [2.45, 2.75) is 25.8 Å². The molecule has 0 saturated heterocycles. The lowest BCUT2D eigenvalue weighted by Crippen LogP contribution is -2.41. The van der Waals surface area contributed by atoms with Crippen LogP contribution in [-0.4, -0.2) is 34.7 Å². The highest BCUT2D eigenvalue weighted by atomic mass is 16.5. The molecule has 6 nitrogen and oxygen atoms in total. The lowest BCUT2D eigenvalue weighted by Gasteiger charge is -2.13. The van der Waals surface area contributed by atoms with Gasteiger partial charge in [0.05, 0.1) is 7.11 Å². The maximum atomic E-state index is 12.4. The average Bonchev–Trinajstić information content (AvgIpc) is 2.83. The van der Waals surface area contributed by atoms with Crippen LogP contribution in [0.5, 0.6) is 5.75 Å². The number of rotatable bonds is 6. The first-order valence-corrected chi connectivity index (χ1v) is 7.15. The quantitative estimate of drug-likeness (QED) is 0.857. The van der Waals surface area contributed by atoms with Gasteiger partial charge in [-0.25, -0.2) is 4.79 Å². The Morgan fingerprint density at radius 3 is 2.68 bits per heavy atom. The number of aromatic nitrogens is 1. The predicted molar refractivity (Wildman–Crippen MR) is 83.3 cm³/mol. The Morgan fingerprint density at radius 1 is 1.36 bits per heavy atom. The molecule has 0 fully saturated rings. The van der Waals surface area contributed by atoms with Crippen molar-refractivity contribution in [1.82, 2.24) is 9.88 Å². The van der Waals surface area contributed by atoms with E-state index in [2.05, 4.69) is 5.32 Å². The van der Waals surface area contributed by atoms with Gasteiger partial charge in [0.15, 0.2) is 0 Å². The van der Waals surface area contributed by atoms with Crippen molar-refractivity contribution < 1.29 is 19.4 Å². The van der Waals surface area contributed by atoms with Crippen LogP contribution < -0.4 is 10.1 Å². The van der Waals surface area contributed by atoms with E-state index in [0.29, 0.717) is 24.3 Å². The zero-order valence-electron chi connectivity index (χ0n) is 12.9. The summed E-state index contributed by atoms with van der Waals surface area (Å²) in [5.74, 6) is -0.700. The number of benzene rings is 1. The van der Waals surface area contributed by atoms with Crippen molar-refractivity contribution in [2.24, 2.45) is 7.05 Å². The van der Waals surface area contributed by atoms with Gasteiger partial charge in [-0.15, -0.1) is 0 Å². The highest BCUT2D eigenvalue weighted by Crippen LogP contribution is 2.23. The van der Waals surface area contributed by atoms with Crippen molar-refractivity contribution in [3.8, 4) is 5.75 Å². The number of carbonyl (C=O) groups excluding carboxylic acids is 1. The van der Waals surface area contributed by atoms with Gasteiger partial charge in [-0.2, -0.15) is 0 Å². The van der Waals surface area contributed by atoms with Crippen molar-refractivity contribution >= 4 is 22.8 Å². The second-order valence-corrected chi connectivity index (χ2v) is 5.17. The zero-order chi connectivity index (χ0) is 16.3. The molecular weight excluding hydrogens is 284 g/mol. The summed E-state index contributed by atoms with van der Waals surface area (Å²) in [6.07, 6.45) is 1.09. The van der Waals surface area contributed by atoms with Gasteiger partial charge in [0.2, 0.25) is 0 Å². The number of aliphatic carboxylic acids is 1. The van der Waals surface area contributed by atoms with Gasteiger partial charge in [-0.1, -0.05) is 13.3 Å². The topological polar surface area (TPSA) is 80.6 Å². The first-order valence-electron chi connectivity index (χ1n) is 7.15. The number of carboxylic acids is 1. The van der Waals surface area contributed by atoms with Crippen LogP contribution in [-0.2, 0) is 11.8 Å². The minimum atomic E-state index is -1.02. The fourth-order valence-corrected chi connectivity index (χ4v) is 2.45. The molecule has 0 saturated carbocycles. The monoisotopic (exact) mass is 304 g/mol. The summed E-state index contributed by atoms with van der Waals surface area (Å²) < 4.78 is 6.92. The molecule has 118 valence electrons. The molecule has 1 unspecified atom stereocenters. The maximum absolute atomic E-state index is 12.4. The molecule has 1 atom stereocenters. The molecule has 1 aromatic carbocycles. The normalized spacial score (nSPS) is 12.1. The highest BCUT2D eigenvalue weighted by Gasteiger charge is 2.21. The number of carboxylic acid groups (broad SMARTS) is 1. The molecule has 0 aliphatic heterocycles. The molecule has 0 radical (unpaired) electrons. The standard InChI is InChI=1S/C16H20N2O4/c1-4-5-12(16(20)21)17-15(19)14-9-10-8-11(22-3)6-7-13(10)18(14)2/h6-9,12H,4-5H2,1-3H3,(H,17,19)(H,20,21). The molecule has 22 heavy (non-hydrogen) atoms. The smallest absolute Gasteiger partial charge is 0.326 e. The van der Waals surface area contributed by atoms with Gasteiger partial charge in [-0.3, -0.25) is 4.79 Å². The van der Waals surface area contributed by atoms with Crippen LogP contribution in [0.1, 0.15) is 30.3 Å². The summed E-state index contributed by atoms with van der Waals surface area (Å²) in [5, 5.41) is 12.6. The van der Waals surface area contributed by atoms with Gasteiger partial charge < -0.3 is 19.7 Å². The van der Waals surface area contributed by atoms with E-state index < -0.39 is 17.9 Å². The van der Waals surface area contributed by atoms with Crippen molar-refractivity contribution in [3.63, 3.8) is 0 Å². The minimum Gasteiger partial charge on any atom is -0.497 e. The molecule has 0 aliphatic rings. The van der Waals surface area contributed by atoms with Gasteiger partial charge in [0, 0.05) is 18.0 Å². The fraction of sp³-hybridized carbons (Fsp3) is 0.375. The Kier molecular flexibility index (Phi) is 4.70. The van der Waals surface area contributed by atoms with Crippen LogP contribution in [0.3, 0.4) is 0 Å². The maximum Gasteiger partial charge on any atom is 0.326 e. The van der Waals surface area contributed by atoms with E-state index in [1.807, 2.05) is 25.1 Å². The van der Waals surface area contributed by atoms with E-state index >= 15 is 0 Å². The van der Waals surface area contributed by atoms with Crippen LogP contribution in [0, 0.1) is 0 Å². The number of fused-ring (bicyclic) bond motifs is 1. The molecule has 2 N–H and O–H groups in total. The van der Waals surface area contributed by atoms with Gasteiger partial charge in [-0.05, 0) is 30.7 Å². The van der Waals surface area contributed by atoms with E-state index in [1.165, 1.54) is 0 Å². The lowest BCUT2D eigenvalue weighted by molar-refractivity contribution is -0.139. The van der Waals surface area contributed by atoms with Crippen molar-refractivity contribution in [3.05, 3.63) is 30.0 Å². The third-order valence-corrected chi connectivity index (χ3v) is 3.66. The predicted octanol–water partition coefficient (Wildman–Crippen LogP) is 2.17. The molecule has 2 aromatic rings. The number of aryl methyl sites for hydroxylation is 1. The lowest BCUT2D eigenvalue weighted by atomic mass is 10.1. The van der Waals surface area contributed by atoms with Crippen LogP contribution in [0.2, 0.25) is 0 Å². The largest absolute Gasteiger partial charge is 0.497 e. The Hall–Kier alpha value is -2.50. The minimum absolute atomic E-state index is 0.390. The van der Waals surface area contributed by atoms with Crippen molar-refractivity contribution in [1.29, 1.82) is 0 Å². The van der Waals surface area contributed by atoms with Crippen LogP contribution in [0.4, 0.5) is 0 Å². The summed E-state index contributed by atoms with van der Waals surface area (Å²) in [5.41, 5.74) is 1.30. The third-order valence-electron chi connectivity index (χ3n) is 3.66. The first kappa shape index (κ1) is 15.9. The second kappa shape index (κ2) is 6.51. The van der Waals surface area contributed by atoms with E-state index in [0.717, 1.165) is 10.9 Å². The molecule has 2 rings (SSSR count). The van der Waals surface area contributed by atoms with Crippen molar-refractivity contribution in [2.75, 3.05) is 7.11 Å². The van der Waals surface area contributed by atoms with E-state index in [4.69, 9.17) is 9.84 Å².